The van der Waals surface area contributed by atoms with E-state index < -0.39 is 0 Å². The molecule has 18 heavy (non-hydrogen) atoms. The number of hydrogen-bond acceptors (Lipinski definition) is 2. The minimum atomic E-state index is -0.106. The van der Waals surface area contributed by atoms with Crippen LogP contribution in [-0.2, 0) is 6.54 Å². The third-order valence-corrected chi connectivity index (χ3v) is 2.92. The van der Waals surface area contributed by atoms with Crippen LogP contribution in [0.3, 0.4) is 0 Å². The summed E-state index contributed by atoms with van der Waals surface area (Å²) >= 11 is 0. The first-order valence-electron chi connectivity index (χ1n) is 6.75. The summed E-state index contributed by atoms with van der Waals surface area (Å²) in [6.07, 6.45) is 2.31. The SMILES string of the molecule is CC(C)NCCCCN(C)Cc1ccccc1F. The van der Waals surface area contributed by atoms with Gasteiger partial charge in [0.15, 0.2) is 0 Å². The Balaban J connectivity index is 2.18. The molecule has 0 amide bonds. The number of unbranched alkanes of at least 4 members (excludes halogenated alkanes) is 1. The molecule has 0 spiro atoms. The lowest BCUT2D eigenvalue weighted by Crippen LogP contribution is -2.25. The van der Waals surface area contributed by atoms with Crippen LogP contribution in [0.4, 0.5) is 4.39 Å². The first kappa shape index (κ1) is 15.1. The topological polar surface area (TPSA) is 15.3 Å². The molecule has 0 bridgehead atoms. The third-order valence-electron chi connectivity index (χ3n) is 2.92. The summed E-state index contributed by atoms with van der Waals surface area (Å²) in [5.74, 6) is -0.106. The van der Waals surface area contributed by atoms with Crippen molar-refractivity contribution in [3.8, 4) is 0 Å². The summed E-state index contributed by atoms with van der Waals surface area (Å²) < 4.78 is 13.4. The first-order chi connectivity index (χ1) is 8.59. The van der Waals surface area contributed by atoms with Crippen LogP contribution in [0.1, 0.15) is 32.3 Å². The lowest BCUT2D eigenvalue weighted by atomic mass is 10.2. The van der Waals surface area contributed by atoms with E-state index in [1.165, 1.54) is 12.5 Å². The van der Waals surface area contributed by atoms with Gasteiger partial charge in [-0.25, -0.2) is 4.39 Å². The summed E-state index contributed by atoms with van der Waals surface area (Å²) in [7, 11) is 2.04. The van der Waals surface area contributed by atoms with Crippen molar-refractivity contribution in [2.45, 2.75) is 39.3 Å². The molecule has 0 saturated carbocycles. The van der Waals surface area contributed by atoms with Crippen molar-refractivity contribution in [1.82, 2.24) is 10.2 Å². The summed E-state index contributed by atoms with van der Waals surface area (Å²) in [5.41, 5.74) is 0.778. The second-order valence-corrected chi connectivity index (χ2v) is 5.15. The molecule has 0 saturated heterocycles. The molecule has 1 N–H and O–H groups in total. The van der Waals surface area contributed by atoms with Crippen LogP contribution >= 0.6 is 0 Å². The first-order valence-corrected chi connectivity index (χ1v) is 6.75. The molecule has 1 aromatic carbocycles. The van der Waals surface area contributed by atoms with Crippen molar-refractivity contribution in [3.05, 3.63) is 35.6 Å². The standard InChI is InChI=1S/C15H25FN2/c1-13(2)17-10-6-7-11-18(3)12-14-8-4-5-9-15(14)16/h4-5,8-9,13,17H,6-7,10-12H2,1-3H3. The van der Waals surface area contributed by atoms with Crippen molar-refractivity contribution >= 4 is 0 Å². The second-order valence-electron chi connectivity index (χ2n) is 5.15. The highest BCUT2D eigenvalue weighted by Crippen LogP contribution is 2.09. The number of rotatable bonds is 8. The Kier molecular flexibility index (Phi) is 6.91. The highest BCUT2D eigenvalue weighted by Gasteiger charge is 2.04. The van der Waals surface area contributed by atoms with Crippen molar-refractivity contribution in [2.75, 3.05) is 20.1 Å². The molecule has 0 atom stereocenters. The molecule has 2 nitrogen and oxygen atoms in total. The highest BCUT2D eigenvalue weighted by atomic mass is 19.1. The zero-order valence-corrected chi connectivity index (χ0v) is 11.7. The van der Waals surface area contributed by atoms with Gasteiger partial charge in [0, 0.05) is 18.2 Å². The average molecular weight is 252 g/mol. The zero-order chi connectivity index (χ0) is 13.4. The number of benzene rings is 1. The maximum atomic E-state index is 13.4. The lowest BCUT2D eigenvalue weighted by Gasteiger charge is -2.17. The zero-order valence-electron chi connectivity index (χ0n) is 11.7. The Hall–Kier alpha value is -0.930. The van der Waals surface area contributed by atoms with E-state index in [1.54, 1.807) is 6.07 Å². The number of nitrogens with one attached hydrogen (secondary N) is 1. The van der Waals surface area contributed by atoms with E-state index >= 15 is 0 Å². The maximum Gasteiger partial charge on any atom is 0.127 e. The Bertz CT molecular complexity index is 339. The van der Waals surface area contributed by atoms with Gasteiger partial charge in [0.05, 0.1) is 0 Å². The predicted octanol–water partition coefficient (Wildman–Crippen LogP) is 3.04. The molecule has 0 unspecified atom stereocenters. The van der Waals surface area contributed by atoms with Crippen LogP contribution in [0.25, 0.3) is 0 Å². The molecule has 1 rings (SSSR count). The van der Waals surface area contributed by atoms with E-state index in [4.69, 9.17) is 0 Å². The normalized spacial score (nSPS) is 11.4. The molecule has 0 fully saturated rings. The molecular weight excluding hydrogens is 227 g/mol. The fourth-order valence-corrected chi connectivity index (χ4v) is 1.89. The Labute approximate surface area is 110 Å². The fraction of sp³-hybridized carbons (Fsp3) is 0.600. The monoisotopic (exact) mass is 252 g/mol. The second kappa shape index (κ2) is 8.22. The molecule has 0 radical (unpaired) electrons. The van der Waals surface area contributed by atoms with Crippen molar-refractivity contribution < 1.29 is 4.39 Å². The predicted molar refractivity (Wildman–Crippen MR) is 75.1 cm³/mol. The van der Waals surface area contributed by atoms with Gasteiger partial charge in [-0.15, -0.1) is 0 Å². The Morgan fingerprint density at radius 1 is 1.22 bits per heavy atom. The smallest absolute Gasteiger partial charge is 0.127 e. The van der Waals surface area contributed by atoms with Gasteiger partial charge in [-0.1, -0.05) is 32.0 Å². The van der Waals surface area contributed by atoms with E-state index in [-0.39, 0.29) is 5.82 Å². The third kappa shape index (κ3) is 6.12. The van der Waals surface area contributed by atoms with Gasteiger partial charge in [0.2, 0.25) is 0 Å². The van der Waals surface area contributed by atoms with E-state index in [2.05, 4.69) is 24.1 Å². The largest absolute Gasteiger partial charge is 0.315 e. The van der Waals surface area contributed by atoms with Crippen LogP contribution in [-0.4, -0.2) is 31.1 Å². The summed E-state index contributed by atoms with van der Waals surface area (Å²) in [5, 5.41) is 3.40. The molecule has 3 heteroatoms. The number of halogens is 1. The van der Waals surface area contributed by atoms with Crippen LogP contribution in [0.5, 0.6) is 0 Å². The number of hydrogen-bond donors (Lipinski definition) is 1. The number of nitrogens with zero attached hydrogens (tertiary/aromatic N) is 1. The summed E-state index contributed by atoms with van der Waals surface area (Å²) in [4.78, 5) is 2.17. The van der Waals surface area contributed by atoms with Gasteiger partial charge in [-0.3, -0.25) is 0 Å². The van der Waals surface area contributed by atoms with Crippen molar-refractivity contribution in [2.24, 2.45) is 0 Å². The van der Waals surface area contributed by atoms with E-state index in [9.17, 15) is 4.39 Å². The highest BCUT2D eigenvalue weighted by molar-refractivity contribution is 5.16. The minimum Gasteiger partial charge on any atom is -0.315 e. The lowest BCUT2D eigenvalue weighted by molar-refractivity contribution is 0.312. The fourth-order valence-electron chi connectivity index (χ4n) is 1.89. The molecule has 0 aliphatic carbocycles. The Morgan fingerprint density at radius 2 is 1.94 bits per heavy atom. The van der Waals surface area contributed by atoms with Crippen LogP contribution < -0.4 is 5.32 Å². The van der Waals surface area contributed by atoms with Crippen molar-refractivity contribution in [3.63, 3.8) is 0 Å². The minimum absolute atomic E-state index is 0.106. The quantitative estimate of drug-likeness (QED) is 0.715. The molecular formula is C15H25FN2. The molecule has 0 aromatic heterocycles. The van der Waals surface area contributed by atoms with Gasteiger partial charge in [-0.2, -0.15) is 0 Å². The van der Waals surface area contributed by atoms with Gasteiger partial charge in [-0.05, 0) is 39.0 Å². The average Bonchev–Trinajstić information content (AvgIpc) is 2.31. The van der Waals surface area contributed by atoms with Gasteiger partial charge < -0.3 is 10.2 Å². The summed E-state index contributed by atoms with van der Waals surface area (Å²) in [6.45, 7) is 7.07. The molecule has 1 aromatic rings. The van der Waals surface area contributed by atoms with Gasteiger partial charge in [0.25, 0.3) is 0 Å². The van der Waals surface area contributed by atoms with Gasteiger partial charge >= 0.3 is 0 Å². The van der Waals surface area contributed by atoms with E-state index in [0.29, 0.717) is 12.6 Å². The van der Waals surface area contributed by atoms with Crippen molar-refractivity contribution in [1.29, 1.82) is 0 Å². The molecule has 0 heterocycles. The maximum absolute atomic E-state index is 13.4. The van der Waals surface area contributed by atoms with Crippen LogP contribution in [0.15, 0.2) is 24.3 Å². The molecule has 0 aliphatic heterocycles. The van der Waals surface area contributed by atoms with E-state index in [1.807, 2.05) is 19.2 Å². The van der Waals surface area contributed by atoms with E-state index in [0.717, 1.165) is 25.1 Å². The summed E-state index contributed by atoms with van der Waals surface area (Å²) in [6, 6.07) is 7.55. The Morgan fingerprint density at radius 3 is 2.61 bits per heavy atom. The van der Waals surface area contributed by atoms with Crippen LogP contribution in [0, 0.1) is 5.82 Å². The molecule has 0 aliphatic rings. The van der Waals surface area contributed by atoms with Gasteiger partial charge in [0.1, 0.15) is 5.82 Å². The van der Waals surface area contributed by atoms with Crippen LogP contribution in [0.2, 0.25) is 0 Å². The molecule has 102 valence electrons.